The summed E-state index contributed by atoms with van der Waals surface area (Å²) >= 11 is 1.60. The van der Waals surface area contributed by atoms with E-state index >= 15 is 0 Å². The number of aromatic nitrogens is 1. The van der Waals surface area contributed by atoms with Gasteiger partial charge in [0.1, 0.15) is 10.8 Å². The number of carbonyl (C=O) groups is 1. The Labute approximate surface area is 150 Å². The predicted molar refractivity (Wildman–Crippen MR) is 101 cm³/mol. The Kier molecular flexibility index (Phi) is 5.64. The smallest absolute Gasteiger partial charge is 0.319 e. The Bertz CT molecular complexity index is 816. The number of nitrogens with zero attached hydrogens (tertiary/aromatic N) is 1. The minimum absolute atomic E-state index is 0.211. The van der Waals surface area contributed by atoms with E-state index in [0.29, 0.717) is 13.0 Å². The highest BCUT2D eigenvalue weighted by molar-refractivity contribution is 7.13. The third-order valence-electron chi connectivity index (χ3n) is 3.59. The van der Waals surface area contributed by atoms with Gasteiger partial charge in [0.15, 0.2) is 0 Å². The maximum atomic E-state index is 11.8. The van der Waals surface area contributed by atoms with Gasteiger partial charge in [-0.15, -0.1) is 11.3 Å². The molecule has 128 valence electrons. The van der Waals surface area contributed by atoms with Gasteiger partial charge in [-0.1, -0.05) is 18.2 Å². The lowest BCUT2D eigenvalue weighted by Crippen LogP contribution is -2.30. The van der Waals surface area contributed by atoms with Gasteiger partial charge in [-0.3, -0.25) is 0 Å². The van der Waals surface area contributed by atoms with Crippen molar-refractivity contribution >= 4 is 23.1 Å². The number of methoxy groups -OCH3 is 1. The first-order chi connectivity index (χ1) is 12.2. The van der Waals surface area contributed by atoms with Crippen molar-refractivity contribution < 1.29 is 9.53 Å². The number of benzene rings is 2. The minimum atomic E-state index is -0.211. The number of hydrogen-bond acceptors (Lipinski definition) is 4. The summed E-state index contributed by atoms with van der Waals surface area (Å²) in [5.74, 6) is 0.828. The van der Waals surface area contributed by atoms with Gasteiger partial charge in [0, 0.05) is 29.6 Å². The Morgan fingerprint density at radius 1 is 1.12 bits per heavy atom. The fourth-order valence-electron chi connectivity index (χ4n) is 2.29. The zero-order chi connectivity index (χ0) is 17.5. The molecule has 0 aliphatic rings. The van der Waals surface area contributed by atoms with Gasteiger partial charge in [-0.2, -0.15) is 0 Å². The average Bonchev–Trinajstić information content (AvgIpc) is 3.11. The molecule has 3 aromatic rings. The van der Waals surface area contributed by atoms with Crippen LogP contribution in [0.25, 0.3) is 10.6 Å². The maximum absolute atomic E-state index is 11.8. The third-order valence-corrected chi connectivity index (χ3v) is 4.53. The van der Waals surface area contributed by atoms with Crippen LogP contribution in [0.4, 0.5) is 10.5 Å². The molecule has 0 spiro atoms. The molecule has 0 atom stereocenters. The molecule has 2 amide bonds. The van der Waals surface area contributed by atoms with E-state index in [0.717, 1.165) is 27.7 Å². The molecule has 0 aliphatic carbocycles. The second-order valence-electron chi connectivity index (χ2n) is 5.37. The molecule has 2 aromatic carbocycles. The molecule has 0 saturated carbocycles. The minimum Gasteiger partial charge on any atom is -0.497 e. The monoisotopic (exact) mass is 353 g/mol. The number of ether oxygens (including phenoxy) is 1. The van der Waals surface area contributed by atoms with E-state index in [1.54, 1.807) is 18.4 Å². The van der Waals surface area contributed by atoms with Crippen molar-refractivity contribution in [2.75, 3.05) is 19.0 Å². The van der Waals surface area contributed by atoms with Crippen LogP contribution in [0.2, 0.25) is 0 Å². The number of amides is 2. The molecule has 0 radical (unpaired) electrons. The number of para-hydroxylation sites is 1. The molecule has 0 aliphatic heterocycles. The molecule has 6 heteroatoms. The number of anilines is 1. The number of nitrogens with one attached hydrogen (secondary N) is 2. The second-order valence-corrected chi connectivity index (χ2v) is 6.23. The molecule has 3 rings (SSSR count). The molecule has 0 saturated heterocycles. The molecule has 0 bridgehead atoms. The second kappa shape index (κ2) is 8.30. The van der Waals surface area contributed by atoms with Crippen molar-refractivity contribution in [3.63, 3.8) is 0 Å². The highest BCUT2D eigenvalue weighted by Crippen LogP contribution is 2.25. The van der Waals surface area contributed by atoms with Crippen LogP contribution < -0.4 is 15.4 Å². The fourth-order valence-corrected chi connectivity index (χ4v) is 3.15. The van der Waals surface area contributed by atoms with Crippen LogP contribution in [-0.2, 0) is 6.42 Å². The summed E-state index contributed by atoms with van der Waals surface area (Å²) in [6.07, 6.45) is 0.689. The first-order valence-corrected chi connectivity index (χ1v) is 8.81. The average molecular weight is 353 g/mol. The Hall–Kier alpha value is -2.86. The van der Waals surface area contributed by atoms with E-state index in [9.17, 15) is 4.79 Å². The topological polar surface area (TPSA) is 63.2 Å². The number of rotatable bonds is 6. The van der Waals surface area contributed by atoms with Crippen molar-refractivity contribution in [1.82, 2.24) is 10.3 Å². The molecule has 1 aromatic heterocycles. The van der Waals surface area contributed by atoms with Crippen LogP contribution in [-0.4, -0.2) is 24.7 Å². The van der Waals surface area contributed by atoms with Gasteiger partial charge in [0.05, 0.1) is 12.8 Å². The summed E-state index contributed by atoms with van der Waals surface area (Å²) in [6.45, 7) is 0.532. The van der Waals surface area contributed by atoms with E-state index in [1.165, 1.54) is 0 Å². The summed E-state index contributed by atoms with van der Waals surface area (Å²) in [7, 11) is 1.65. The van der Waals surface area contributed by atoms with Gasteiger partial charge in [-0.05, 0) is 36.4 Å². The lowest BCUT2D eigenvalue weighted by Gasteiger charge is -2.06. The van der Waals surface area contributed by atoms with Crippen molar-refractivity contribution in [2.24, 2.45) is 0 Å². The van der Waals surface area contributed by atoms with E-state index in [4.69, 9.17) is 4.74 Å². The lowest BCUT2D eigenvalue weighted by molar-refractivity contribution is 0.252. The van der Waals surface area contributed by atoms with Gasteiger partial charge < -0.3 is 15.4 Å². The van der Waals surface area contributed by atoms with Crippen molar-refractivity contribution in [3.8, 4) is 16.3 Å². The summed E-state index contributed by atoms with van der Waals surface area (Å²) in [5, 5.41) is 8.62. The van der Waals surface area contributed by atoms with Crippen molar-refractivity contribution in [1.29, 1.82) is 0 Å². The SMILES string of the molecule is COc1ccc(-c2nc(CCNC(=O)Nc3ccccc3)cs2)cc1. The van der Waals surface area contributed by atoms with Crippen LogP contribution in [0.1, 0.15) is 5.69 Å². The Morgan fingerprint density at radius 2 is 1.88 bits per heavy atom. The van der Waals surface area contributed by atoms with Crippen LogP contribution in [0.5, 0.6) is 5.75 Å². The fraction of sp³-hybridized carbons (Fsp3) is 0.158. The number of thiazole rings is 1. The molecule has 5 nitrogen and oxygen atoms in total. The quantitative estimate of drug-likeness (QED) is 0.699. The Balaban J connectivity index is 1.49. The van der Waals surface area contributed by atoms with Crippen LogP contribution in [0.15, 0.2) is 60.0 Å². The Morgan fingerprint density at radius 3 is 2.60 bits per heavy atom. The van der Waals surface area contributed by atoms with Crippen molar-refractivity contribution in [3.05, 3.63) is 65.7 Å². The number of urea groups is 1. The first kappa shape index (κ1) is 17.0. The van der Waals surface area contributed by atoms with E-state index < -0.39 is 0 Å². The van der Waals surface area contributed by atoms with Gasteiger partial charge in [0.2, 0.25) is 0 Å². The third kappa shape index (κ3) is 4.81. The number of carbonyl (C=O) groups excluding carboxylic acids is 1. The zero-order valence-corrected chi connectivity index (χ0v) is 14.7. The van der Waals surface area contributed by atoms with Crippen LogP contribution in [0.3, 0.4) is 0 Å². The normalized spacial score (nSPS) is 10.3. The van der Waals surface area contributed by atoms with Crippen LogP contribution >= 0.6 is 11.3 Å². The standard InChI is InChI=1S/C19H19N3O2S/c1-24-17-9-7-14(8-10-17)18-21-16(13-25-18)11-12-20-19(23)22-15-5-3-2-4-6-15/h2-10,13H,11-12H2,1H3,(H2,20,22,23). The van der Waals surface area contributed by atoms with Crippen molar-refractivity contribution in [2.45, 2.75) is 6.42 Å². The van der Waals surface area contributed by atoms with E-state index in [1.807, 2.05) is 60.0 Å². The van der Waals surface area contributed by atoms with Gasteiger partial charge >= 0.3 is 6.03 Å². The first-order valence-electron chi connectivity index (χ1n) is 7.93. The summed E-state index contributed by atoms with van der Waals surface area (Å²) in [6, 6.07) is 17.0. The zero-order valence-electron chi connectivity index (χ0n) is 13.9. The molecular formula is C19H19N3O2S. The molecule has 1 heterocycles. The van der Waals surface area contributed by atoms with Crippen LogP contribution in [0, 0.1) is 0 Å². The highest BCUT2D eigenvalue weighted by atomic mass is 32.1. The highest BCUT2D eigenvalue weighted by Gasteiger charge is 2.06. The molecule has 0 fully saturated rings. The van der Waals surface area contributed by atoms with E-state index in [2.05, 4.69) is 15.6 Å². The largest absolute Gasteiger partial charge is 0.497 e. The maximum Gasteiger partial charge on any atom is 0.319 e. The molecule has 25 heavy (non-hydrogen) atoms. The summed E-state index contributed by atoms with van der Waals surface area (Å²) < 4.78 is 5.17. The van der Waals surface area contributed by atoms with Gasteiger partial charge in [0.25, 0.3) is 0 Å². The predicted octanol–water partition coefficient (Wildman–Crippen LogP) is 4.18. The summed E-state index contributed by atoms with van der Waals surface area (Å²) in [5.41, 5.74) is 2.80. The lowest BCUT2D eigenvalue weighted by atomic mass is 10.2. The van der Waals surface area contributed by atoms with E-state index in [-0.39, 0.29) is 6.03 Å². The molecule has 2 N–H and O–H groups in total. The molecular weight excluding hydrogens is 334 g/mol. The molecule has 0 unspecified atom stereocenters. The summed E-state index contributed by atoms with van der Waals surface area (Å²) in [4.78, 5) is 16.5. The number of hydrogen-bond donors (Lipinski definition) is 2. The van der Waals surface area contributed by atoms with Gasteiger partial charge in [-0.25, -0.2) is 9.78 Å².